The summed E-state index contributed by atoms with van der Waals surface area (Å²) in [5.74, 6) is 2.26. The highest BCUT2D eigenvalue weighted by Gasteiger charge is 2.27. The first kappa shape index (κ1) is 29.0. The van der Waals surface area contributed by atoms with E-state index in [1.807, 2.05) is 48.5 Å². The van der Waals surface area contributed by atoms with Crippen LogP contribution in [0.4, 0.5) is 0 Å². The molecule has 0 bridgehead atoms. The van der Waals surface area contributed by atoms with Crippen molar-refractivity contribution in [3.8, 4) is 17.2 Å². The molecule has 1 heterocycles. The fraction of sp³-hybridized carbons (Fsp3) is 0.581. The van der Waals surface area contributed by atoms with E-state index in [0.717, 1.165) is 49.7 Å². The van der Waals surface area contributed by atoms with Gasteiger partial charge in [-0.15, -0.1) is 0 Å². The molecule has 3 rings (SSSR count). The molecule has 1 aliphatic heterocycles. The van der Waals surface area contributed by atoms with Gasteiger partial charge in [0.1, 0.15) is 23.0 Å². The van der Waals surface area contributed by atoms with Crippen LogP contribution in [0.25, 0.3) is 0 Å². The van der Waals surface area contributed by atoms with Gasteiger partial charge in [-0.3, -0.25) is 4.79 Å². The van der Waals surface area contributed by atoms with E-state index in [-0.39, 0.29) is 11.7 Å². The minimum absolute atomic E-state index is 0.111. The normalized spacial score (nSPS) is 15.3. The number of hydrogen-bond donors (Lipinski definition) is 1. The van der Waals surface area contributed by atoms with Crippen LogP contribution >= 0.6 is 0 Å². The number of unbranched alkanes of at least 4 members (excludes halogenated alkanes) is 4. The Morgan fingerprint density at radius 1 is 0.865 bits per heavy atom. The first-order valence-electron chi connectivity index (χ1n) is 14.0. The second kappa shape index (κ2) is 16.3. The Morgan fingerprint density at radius 2 is 1.46 bits per heavy atom. The summed E-state index contributed by atoms with van der Waals surface area (Å²) in [6.45, 7) is 6.04. The molecular weight excluding hydrogens is 466 g/mol. The number of ketones is 1. The highest BCUT2D eigenvalue weighted by atomic mass is 16.5. The van der Waals surface area contributed by atoms with Crippen molar-refractivity contribution < 1.29 is 24.1 Å². The minimum Gasteiger partial charge on any atom is -0.497 e. The van der Waals surface area contributed by atoms with Crippen molar-refractivity contribution in [1.29, 1.82) is 0 Å². The lowest BCUT2D eigenvalue weighted by Crippen LogP contribution is -2.32. The van der Waals surface area contributed by atoms with E-state index in [0.29, 0.717) is 25.2 Å². The van der Waals surface area contributed by atoms with E-state index >= 15 is 0 Å². The quantitative estimate of drug-likeness (QED) is 0.240. The molecule has 2 aromatic carbocycles. The molecule has 1 fully saturated rings. The summed E-state index contributed by atoms with van der Waals surface area (Å²) in [6.07, 6.45) is 8.35. The van der Waals surface area contributed by atoms with Crippen LogP contribution in [0.15, 0.2) is 48.5 Å². The fourth-order valence-corrected chi connectivity index (χ4v) is 4.85. The van der Waals surface area contributed by atoms with Crippen molar-refractivity contribution in [2.75, 3.05) is 40.0 Å². The number of likely N-dealkylation sites (tertiary alicyclic amines) is 1. The molecule has 6 heteroatoms. The van der Waals surface area contributed by atoms with Gasteiger partial charge in [0.2, 0.25) is 0 Å². The zero-order valence-electron chi connectivity index (χ0n) is 22.7. The molecule has 0 aliphatic carbocycles. The van der Waals surface area contributed by atoms with Crippen LogP contribution in [0.5, 0.6) is 17.2 Å². The first-order chi connectivity index (χ1) is 18.1. The fourth-order valence-electron chi connectivity index (χ4n) is 4.85. The van der Waals surface area contributed by atoms with Crippen LogP contribution in [-0.4, -0.2) is 55.7 Å². The number of carbonyl (C=O) groups excluding carboxylic acids is 1. The Kier molecular flexibility index (Phi) is 12.8. The monoisotopic (exact) mass is 511 g/mol. The van der Waals surface area contributed by atoms with Crippen molar-refractivity contribution in [3.05, 3.63) is 54.1 Å². The van der Waals surface area contributed by atoms with Crippen molar-refractivity contribution >= 4 is 5.78 Å². The first-order valence-corrected chi connectivity index (χ1v) is 14.0. The maximum atomic E-state index is 12.9. The average Bonchev–Trinajstić information content (AvgIpc) is 3.44. The second-order valence-electron chi connectivity index (χ2n) is 10.1. The number of rotatable bonds is 18. The van der Waals surface area contributed by atoms with Gasteiger partial charge in [-0.05, 0) is 74.3 Å². The lowest BCUT2D eigenvalue weighted by molar-refractivity contribution is -0.121. The maximum absolute atomic E-state index is 12.9. The molecular formula is C31H45NO5. The molecule has 0 radical (unpaired) electrons. The van der Waals surface area contributed by atoms with E-state index in [9.17, 15) is 9.90 Å². The second-order valence-corrected chi connectivity index (χ2v) is 10.1. The highest BCUT2D eigenvalue weighted by molar-refractivity contribution is 5.78. The lowest BCUT2D eigenvalue weighted by atomic mass is 9.90. The van der Waals surface area contributed by atoms with Crippen LogP contribution in [0.1, 0.15) is 76.4 Å². The molecule has 0 aromatic heterocycles. The predicted molar refractivity (Wildman–Crippen MR) is 148 cm³/mol. The lowest BCUT2D eigenvalue weighted by Gasteiger charge is -2.27. The molecule has 0 amide bonds. The van der Waals surface area contributed by atoms with E-state index in [1.54, 1.807) is 7.11 Å². The molecule has 2 unspecified atom stereocenters. The maximum Gasteiger partial charge on any atom is 0.136 e. The van der Waals surface area contributed by atoms with Gasteiger partial charge in [-0.1, -0.05) is 44.7 Å². The molecule has 6 nitrogen and oxygen atoms in total. The van der Waals surface area contributed by atoms with Gasteiger partial charge in [0.15, 0.2) is 0 Å². The molecule has 37 heavy (non-hydrogen) atoms. The molecule has 1 aliphatic rings. The van der Waals surface area contributed by atoms with E-state index < -0.39 is 6.10 Å². The number of ether oxygens (including phenoxy) is 3. The largest absolute Gasteiger partial charge is 0.497 e. The van der Waals surface area contributed by atoms with Crippen molar-refractivity contribution in [2.24, 2.45) is 5.92 Å². The van der Waals surface area contributed by atoms with Crippen molar-refractivity contribution in [1.82, 2.24) is 4.90 Å². The van der Waals surface area contributed by atoms with Gasteiger partial charge in [-0.25, -0.2) is 0 Å². The number of hydrogen-bond acceptors (Lipinski definition) is 6. The van der Waals surface area contributed by atoms with Crippen LogP contribution in [0.3, 0.4) is 0 Å². The molecule has 1 N–H and O–H groups in total. The van der Waals surface area contributed by atoms with E-state index in [2.05, 4.69) is 11.8 Å². The van der Waals surface area contributed by atoms with E-state index in [4.69, 9.17) is 14.2 Å². The number of carbonyl (C=O) groups is 1. The summed E-state index contributed by atoms with van der Waals surface area (Å²) in [7, 11) is 1.63. The Hall–Kier alpha value is -2.57. The molecule has 1 saturated heterocycles. The summed E-state index contributed by atoms with van der Waals surface area (Å²) >= 11 is 0. The number of benzene rings is 2. The number of Topliss-reactive ketones (excluding diaryl/α,β-unsaturated/α-hetero) is 1. The molecule has 204 valence electrons. The molecule has 0 spiro atoms. The van der Waals surface area contributed by atoms with Crippen LogP contribution in [-0.2, 0) is 4.79 Å². The SMILES string of the molecule is CCCCCCCOc1ccc(C(O)C(CC(=O)CCOc2ccc(OC)cc2)CN2CCCC2)cc1. The smallest absolute Gasteiger partial charge is 0.136 e. The third-order valence-corrected chi connectivity index (χ3v) is 7.08. The highest BCUT2D eigenvalue weighted by Crippen LogP contribution is 2.29. The number of methoxy groups -OCH3 is 1. The Morgan fingerprint density at radius 3 is 2.11 bits per heavy atom. The molecule has 2 aromatic rings. The van der Waals surface area contributed by atoms with Crippen LogP contribution < -0.4 is 14.2 Å². The Labute approximate surface area is 222 Å². The van der Waals surface area contributed by atoms with Gasteiger partial charge in [-0.2, -0.15) is 0 Å². The zero-order chi connectivity index (χ0) is 26.3. The van der Waals surface area contributed by atoms with Gasteiger partial charge in [0.05, 0.1) is 26.4 Å². The summed E-state index contributed by atoms with van der Waals surface area (Å²) in [4.78, 5) is 15.2. The van der Waals surface area contributed by atoms with Gasteiger partial charge < -0.3 is 24.2 Å². The van der Waals surface area contributed by atoms with Gasteiger partial charge >= 0.3 is 0 Å². The minimum atomic E-state index is -0.699. The number of nitrogens with zero attached hydrogens (tertiary/aromatic N) is 1. The third-order valence-electron chi connectivity index (χ3n) is 7.08. The summed E-state index contributed by atoms with van der Waals surface area (Å²) in [5.41, 5.74) is 0.835. The third kappa shape index (κ3) is 10.4. The summed E-state index contributed by atoms with van der Waals surface area (Å²) < 4.78 is 16.8. The van der Waals surface area contributed by atoms with Crippen molar-refractivity contribution in [3.63, 3.8) is 0 Å². The molecule has 0 saturated carbocycles. The standard InChI is InChI=1S/C31H45NO5/c1-3-4-5-6-9-21-36-29-12-10-25(11-13-29)31(34)26(24-32-19-7-8-20-32)23-27(33)18-22-37-30-16-14-28(35-2)15-17-30/h10-17,26,31,34H,3-9,18-24H2,1-2H3. The predicted octanol–water partition coefficient (Wildman–Crippen LogP) is 6.22. The Bertz CT molecular complexity index is 893. The zero-order valence-corrected chi connectivity index (χ0v) is 22.7. The molecule has 2 atom stereocenters. The number of aliphatic hydroxyl groups excluding tert-OH is 1. The van der Waals surface area contributed by atoms with Crippen LogP contribution in [0, 0.1) is 5.92 Å². The summed E-state index contributed by atoms with van der Waals surface area (Å²) in [5, 5.41) is 11.3. The van der Waals surface area contributed by atoms with E-state index in [1.165, 1.54) is 38.5 Å². The van der Waals surface area contributed by atoms with Crippen LogP contribution in [0.2, 0.25) is 0 Å². The number of aliphatic hydroxyl groups is 1. The van der Waals surface area contributed by atoms with Crippen molar-refractivity contribution in [2.45, 2.75) is 70.8 Å². The van der Waals surface area contributed by atoms with Gasteiger partial charge in [0, 0.05) is 25.3 Å². The Balaban J connectivity index is 1.50. The topological polar surface area (TPSA) is 68.2 Å². The summed E-state index contributed by atoms with van der Waals surface area (Å²) in [6, 6.07) is 15.1. The van der Waals surface area contributed by atoms with Gasteiger partial charge in [0.25, 0.3) is 0 Å². The average molecular weight is 512 g/mol.